The molecule has 3 saturated heterocycles. The van der Waals surface area contributed by atoms with Gasteiger partial charge < -0.3 is 19.5 Å². The standard InChI is InChI=1S/C16H23N3O4S/c1-2-12-14(24-18-17-12)15(20)19-7-10-8-23-6-4-16(10,21)11-9-22-5-3-13(11)19/h10-11,13,21H,2-9H2,1H3/t10-,11+,13+,16-/m0/s1. The van der Waals surface area contributed by atoms with Crippen molar-refractivity contribution in [3.05, 3.63) is 10.6 Å². The SMILES string of the molecule is CCc1nnsc1C(=O)N1C[C@H]2COCC[C@@]2(O)[C@@H]2COCC[C@H]21. The number of fused-ring (bicyclic) bond motifs is 3. The van der Waals surface area contributed by atoms with E-state index in [1.54, 1.807) is 0 Å². The Hall–Kier alpha value is -1.09. The van der Waals surface area contributed by atoms with Gasteiger partial charge >= 0.3 is 0 Å². The molecule has 0 spiro atoms. The zero-order chi connectivity index (χ0) is 16.7. The largest absolute Gasteiger partial charge is 0.389 e. The van der Waals surface area contributed by atoms with Gasteiger partial charge in [-0.3, -0.25) is 4.79 Å². The third-order valence-electron chi connectivity index (χ3n) is 5.80. The Morgan fingerprint density at radius 2 is 2.25 bits per heavy atom. The number of piperidine rings is 1. The second-order valence-electron chi connectivity index (χ2n) is 6.91. The average molecular weight is 353 g/mol. The van der Waals surface area contributed by atoms with E-state index in [1.807, 2.05) is 11.8 Å². The first-order valence-electron chi connectivity index (χ1n) is 8.65. The molecule has 4 rings (SSSR count). The van der Waals surface area contributed by atoms with E-state index in [9.17, 15) is 9.90 Å². The number of aryl methyl sites for hydroxylation is 1. The fourth-order valence-corrected chi connectivity index (χ4v) is 5.13. The topological polar surface area (TPSA) is 84.8 Å². The molecule has 7 nitrogen and oxygen atoms in total. The Kier molecular flexibility index (Phi) is 4.32. The van der Waals surface area contributed by atoms with Crippen molar-refractivity contribution in [2.75, 3.05) is 33.0 Å². The van der Waals surface area contributed by atoms with Gasteiger partial charge in [-0.25, -0.2) is 0 Å². The molecule has 3 aliphatic heterocycles. The summed E-state index contributed by atoms with van der Waals surface area (Å²) in [5.74, 6) is -0.126. The second-order valence-corrected chi connectivity index (χ2v) is 7.66. The molecule has 132 valence electrons. The van der Waals surface area contributed by atoms with Crippen LogP contribution in [0.5, 0.6) is 0 Å². The molecule has 0 unspecified atom stereocenters. The summed E-state index contributed by atoms with van der Waals surface area (Å²) >= 11 is 1.17. The second kappa shape index (κ2) is 6.33. The zero-order valence-corrected chi connectivity index (χ0v) is 14.6. The van der Waals surface area contributed by atoms with Crippen molar-refractivity contribution < 1.29 is 19.4 Å². The minimum absolute atomic E-state index is 0.00799. The van der Waals surface area contributed by atoms with E-state index < -0.39 is 5.60 Å². The lowest BCUT2D eigenvalue weighted by atomic mass is 9.66. The monoisotopic (exact) mass is 353 g/mol. The van der Waals surface area contributed by atoms with Gasteiger partial charge in [-0.05, 0) is 24.4 Å². The maximum atomic E-state index is 13.2. The molecule has 0 radical (unpaired) electrons. The number of hydrogen-bond acceptors (Lipinski definition) is 7. The summed E-state index contributed by atoms with van der Waals surface area (Å²) in [4.78, 5) is 15.7. The first-order chi connectivity index (χ1) is 11.6. The number of rotatable bonds is 2. The van der Waals surface area contributed by atoms with E-state index in [4.69, 9.17) is 9.47 Å². The van der Waals surface area contributed by atoms with Crippen molar-refractivity contribution in [2.24, 2.45) is 11.8 Å². The molecular formula is C16H23N3O4S. The fraction of sp³-hybridized carbons (Fsp3) is 0.812. The van der Waals surface area contributed by atoms with Gasteiger partial charge in [0.2, 0.25) is 0 Å². The highest BCUT2D eigenvalue weighted by Gasteiger charge is 2.56. The summed E-state index contributed by atoms with van der Waals surface area (Å²) < 4.78 is 15.2. The predicted molar refractivity (Wildman–Crippen MR) is 86.9 cm³/mol. The van der Waals surface area contributed by atoms with Crippen LogP contribution in [0.25, 0.3) is 0 Å². The molecule has 4 atom stereocenters. The highest BCUT2D eigenvalue weighted by Crippen LogP contribution is 2.44. The molecule has 1 N–H and O–H groups in total. The molecule has 24 heavy (non-hydrogen) atoms. The van der Waals surface area contributed by atoms with Crippen LogP contribution in [0.2, 0.25) is 0 Å². The average Bonchev–Trinajstić information content (AvgIpc) is 3.09. The molecule has 1 amide bonds. The highest BCUT2D eigenvalue weighted by atomic mass is 32.1. The van der Waals surface area contributed by atoms with E-state index >= 15 is 0 Å². The number of amides is 1. The van der Waals surface area contributed by atoms with Gasteiger partial charge in [0, 0.05) is 44.1 Å². The maximum absolute atomic E-state index is 13.2. The molecule has 1 aromatic rings. The van der Waals surface area contributed by atoms with Crippen molar-refractivity contribution in [2.45, 2.75) is 37.8 Å². The van der Waals surface area contributed by atoms with Crippen molar-refractivity contribution in [3.8, 4) is 0 Å². The van der Waals surface area contributed by atoms with Gasteiger partial charge in [0.1, 0.15) is 4.88 Å². The van der Waals surface area contributed by atoms with Gasteiger partial charge in [-0.1, -0.05) is 11.4 Å². The van der Waals surface area contributed by atoms with E-state index in [-0.39, 0.29) is 23.8 Å². The molecule has 0 aromatic carbocycles. The van der Waals surface area contributed by atoms with Crippen LogP contribution in [0.15, 0.2) is 0 Å². The van der Waals surface area contributed by atoms with Crippen molar-refractivity contribution >= 4 is 17.4 Å². The summed E-state index contributed by atoms with van der Waals surface area (Å²) in [5.41, 5.74) is -0.0334. The van der Waals surface area contributed by atoms with Crippen molar-refractivity contribution in [1.29, 1.82) is 0 Å². The maximum Gasteiger partial charge on any atom is 0.267 e. The molecule has 3 fully saturated rings. The number of aliphatic hydroxyl groups is 1. The van der Waals surface area contributed by atoms with E-state index in [1.165, 1.54) is 11.5 Å². The number of carbonyl (C=O) groups excluding carboxylic acids is 1. The Morgan fingerprint density at radius 3 is 3.08 bits per heavy atom. The minimum atomic E-state index is -0.792. The van der Waals surface area contributed by atoms with E-state index in [0.717, 1.165) is 12.1 Å². The minimum Gasteiger partial charge on any atom is -0.389 e. The van der Waals surface area contributed by atoms with Gasteiger partial charge in [0.25, 0.3) is 5.91 Å². The number of likely N-dealkylation sites (tertiary alicyclic amines) is 1. The van der Waals surface area contributed by atoms with Gasteiger partial charge in [0.15, 0.2) is 0 Å². The first kappa shape index (κ1) is 16.4. The van der Waals surface area contributed by atoms with E-state index in [2.05, 4.69) is 9.59 Å². The Balaban J connectivity index is 1.66. The van der Waals surface area contributed by atoms with Gasteiger partial charge in [-0.2, -0.15) is 0 Å². The first-order valence-corrected chi connectivity index (χ1v) is 9.42. The van der Waals surface area contributed by atoms with Crippen LogP contribution in [-0.4, -0.2) is 70.1 Å². The van der Waals surface area contributed by atoms with Crippen molar-refractivity contribution in [1.82, 2.24) is 14.5 Å². The van der Waals surface area contributed by atoms with Gasteiger partial charge in [-0.15, -0.1) is 5.10 Å². The zero-order valence-electron chi connectivity index (χ0n) is 13.8. The molecule has 4 heterocycles. The van der Waals surface area contributed by atoms with Crippen LogP contribution in [0, 0.1) is 11.8 Å². The van der Waals surface area contributed by atoms with Gasteiger partial charge in [0.05, 0.1) is 24.5 Å². The third kappa shape index (κ3) is 2.47. The highest BCUT2D eigenvalue weighted by molar-refractivity contribution is 7.08. The third-order valence-corrected chi connectivity index (χ3v) is 6.55. The number of aromatic nitrogens is 2. The summed E-state index contributed by atoms with van der Waals surface area (Å²) in [6.07, 6.45) is 2.08. The van der Waals surface area contributed by atoms with Crippen LogP contribution in [0.4, 0.5) is 0 Å². The molecule has 0 bridgehead atoms. The molecule has 0 aliphatic carbocycles. The molecular weight excluding hydrogens is 330 g/mol. The van der Waals surface area contributed by atoms with Crippen molar-refractivity contribution in [3.63, 3.8) is 0 Å². The lowest BCUT2D eigenvalue weighted by molar-refractivity contribution is -0.212. The van der Waals surface area contributed by atoms with Crippen LogP contribution >= 0.6 is 11.5 Å². The fourth-order valence-electron chi connectivity index (χ4n) is 4.42. The van der Waals surface area contributed by atoms with Crippen LogP contribution < -0.4 is 0 Å². The van der Waals surface area contributed by atoms with Crippen LogP contribution in [0.1, 0.15) is 35.1 Å². The number of carbonyl (C=O) groups is 1. The molecule has 1 aromatic heterocycles. The number of nitrogens with zero attached hydrogens (tertiary/aromatic N) is 3. The quantitative estimate of drug-likeness (QED) is 0.844. The summed E-state index contributed by atoms with van der Waals surface area (Å²) in [5, 5.41) is 15.4. The summed E-state index contributed by atoms with van der Waals surface area (Å²) in [7, 11) is 0. The lowest BCUT2D eigenvalue weighted by Crippen LogP contribution is -2.68. The Morgan fingerprint density at radius 1 is 1.42 bits per heavy atom. The van der Waals surface area contributed by atoms with E-state index in [0.29, 0.717) is 50.7 Å². The molecule has 3 aliphatic rings. The predicted octanol–water partition coefficient (Wildman–Crippen LogP) is 0.729. The lowest BCUT2D eigenvalue weighted by Gasteiger charge is -2.57. The van der Waals surface area contributed by atoms with Crippen LogP contribution in [-0.2, 0) is 15.9 Å². The smallest absolute Gasteiger partial charge is 0.267 e. The van der Waals surface area contributed by atoms with Crippen LogP contribution in [0.3, 0.4) is 0 Å². The Labute approximate surface area is 145 Å². The number of hydrogen-bond donors (Lipinski definition) is 1. The Bertz CT molecular complexity index is 624. The summed E-state index contributed by atoms with van der Waals surface area (Å²) in [6.45, 7) is 4.70. The normalized spacial score (nSPS) is 36.1. The molecule has 0 saturated carbocycles. The number of ether oxygens (including phenoxy) is 2. The molecule has 8 heteroatoms. The summed E-state index contributed by atoms with van der Waals surface area (Å²) in [6, 6.07) is 0.0115.